The zero-order chi connectivity index (χ0) is 13.5. The second-order valence-corrected chi connectivity index (χ2v) is 5.24. The molecule has 1 aliphatic rings. The van der Waals surface area contributed by atoms with E-state index in [0.29, 0.717) is 17.6 Å². The summed E-state index contributed by atoms with van der Waals surface area (Å²) in [4.78, 5) is 0. The lowest BCUT2D eigenvalue weighted by Gasteiger charge is -2.21. The van der Waals surface area contributed by atoms with E-state index in [2.05, 4.69) is 17.5 Å². The van der Waals surface area contributed by atoms with Crippen LogP contribution in [0.4, 0.5) is 0 Å². The minimum atomic E-state index is -0.499. The van der Waals surface area contributed by atoms with Crippen molar-refractivity contribution in [2.45, 2.75) is 31.4 Å². The molecule has 2 N–H and O–H groups in total. The highest BCUT2D eigenvalue weighted by Crippen LogP contribution is 2.15. The number of ether oxygens (including phenoxy) is 1. The number of aliphatic hydroxyl groups is 1. The van der Waals surface area contributed by atoms with Gasteiger partial charge in [0.25, 0.3) is 0 Å². The third-order valence-electron chi connectivity index (χ3n) is 3.17. The Bertz CT molecular complexity index is 405. The fourth-order valence-corrected chi connectivity index (χ4v) is 2.19. The van der Waals surface area contributed by atoms with Gasteiger partial charge in [0, 0.05) is 17.6 Å². The molecular formula is C15H20ClNO2. The second kappa shape index (κ2) is 7.53. The lowest BCUT2D eigenvalue weighted by atomic mass is 10.0. The first-order valence-corrected chi connectivity index (χ1v) is 7.06. The largest absolute Gasteiger partial charge is 0.491 e. The molecule has 0 radical (unpaired) electrons. The molecule has 2 atom stereocenters. The molecule has 0 saturated carbocycles. The fourth-order valence-electron chi connectivity index (χ4n) is 2.06. The fraction of sp³-hybridized carbons (Fsp3) is 0.467. The maximum Gasteiger partial charge on any atom is 0.119 e. The van der Waals surface area contributed by atoms with E-state index in [1.165, 1.54) is 0 Å². The van der Waals surface area contributed by atoms with Gasteiger partial charge in [0.2, 0.25) is 0 Å². The van der Waals surface area contributed by atoms with Crippen LogP contribution in [0.1, 0.15) is 19.3 Å². The molecular weight excluding hydrogens is 262 g/mol. The van der Waals surface area contributed by atoms with Gasteiger partial charge in [-0.2, -0.15) is 0 Å². The van der Waals surface area contributed by atoms with Gasteiger partial charge in [-0.05, 0) is 43.5 Å². The Labute approximate surface area is 119 Å². The first kappa shape index (κ1) is 14.4. The lowest BCUT2D eigenvalue weighted by molar-refractivity contribution is 0.103. The molecule has 0 fully saturated rings. The summed E-state index contributed by atoms with van der Waals surface area (Å²) in [5, 5.41) is 13.9. The molecule has 0 heterocycles. The summed E-state index contributed by atoms with van der Waals surface area (Å²) < 4.78 is 5.50. The third kappa shape index (κ3) is 5.23. The molecule has 104 valence electrons. The summed E-state index contributed by atoms with van der Waals surface area (Å²) in [6.07, 6.45) is 7.21. The van der Waals surface area contributed by atoms with Gasteiger partial charge < -0.3 is 15.2 Å². The van der Waals surface area contributed by atoms with Gasteiger partial charge in [-0.25, -0.2) is 0 Å². The number of halogens is 1. The van der Waals surface area contributed by atoms with Gasteiger partial charge in [-0.1, -0.05) is 23.8 Å². The summed E-state index contributed by atoms with van der Waals surface area (Å²) in [6, 6.07) is 7.63. The molecule has 3 nitrogen and oxygen atoms in total. The van der Waals surface area contributed by atoms with Crippen molar-refractivity contribution >= 4 is 11.6 Å². The highest BCUT2D eigenvalue weighted by atomic mass is 35.5. The Morgan fingerprint density at radius 1 is 1.32 bits per heavy atom. The number of benzene rings is 1. The first-order valence-electron chi connectivity index (χ1n) is 6.69. The van der Waals surface area contributed by atoms with Crippen LogP contribution in [0.3, 0.4) is 0 Å². The number of aliphatic hydroxyl groups excluding tert-OH is 1. The lowest BCUT2D eigenvalue weighted by Crippen LogP contribution is -2.38. The Balaban J connectivity index is 1.65. The van der Waals surface area contributed by atoms with Gasteiger partial charge in [-0.15, -0.1) is 0 Å². The molecule has 2 unspecified atom stereocenters. The van der Waals surface area contributed by atoms with E-state index in [1.807, 2.05) is 0 Å². The topological polar surface area (TPSA) is 41.5 Å². The van der Waals surface area contributed by atoms with Gasteiger partial charge in [0.1, 0.15) is 18.5 Å². The van der Waals surface area contributed by atoms with Crippen molar-refractivity contribution in [3.05, 3.63) is 41.4 Å². The summed E-state index contributed by atoms with van der Waals surface area (Å²) in [6.45, 7) is 0.850. The summed E-state index contributed by atoms with van der Waals surface area (Å²) in [5.41, 5.74) is 0. The van der Waals surface area contributed by atoms with Crippen molar-refractivity contribution in [1.29, 1.82) is 0 Å². The van der Waals surface area contributed by atoms with E-state index in [1.54, 1.807) is 24.3 Å². The average molecular weight is 282 g/mol. The zero-order valence-electron chi connectivity index (χ0n) is 10.9. The zero-order valence-corrected chi connectivity index (χ0v) is 11.6. The van der Waals surface area contributed by atoms with E-state index in [-0.39, 0.29) is 6.61 Å². The minimum Gasteiger partial charge on any atom is -0.491 e. The molecule has 0 amide bonds. The molecule has 2 rings (SSSR count). The number of allylic oxidation sites excluding steroid dienone is 1. The number of nitrogens with one attached hydrogen (secondary N) is 1. The number of hydrogen-bond donors (Lipinski definition) is 2. The highest BCUT2D eigenvalue weighted by Gasteiger charge is 2.12. The monoisotopic (exact) mass is 281 g/mol. The molecule has 19 heavy (non-hydrogen) atoms. The van der Waals surface area contributed by atoms with E-state index >= 15 is 0 Å². The van der Waals surface area contributed by atoms with Crippen LogP contribution >= 0.6 is 11.6 Å². The van der Waals surface area contributed by atoms with Gasteiger partial charge >= 0.3 is 0 Å². The van der Waals surface area contributed by atoms with Crippen LogP contribution in [0.25, 0.3) is 0 Å². The van der Waals surface area contributed by atoms with Gasteiger partial charge in [0.15, 0.2) is 0 Å². The molecule has 0 saturated heterocycles. The van der Waals surface area contributed by atoms with E-state index in [9.17, 15) is 5.11 Å². The minimum absolute atomic E-state index is 0.289. The van der Waals surface area contributed by atoms with Crippen LogP contribution < -0.4 is 10.1 Å². The Morgan fingerprint density at radius 3 is 2.79 bits per heavy atom. The molecule has 1 aromatic rings. The van der Waals surface area contributed by atoms with Gasteiger partial charge in [0.05, 0.1) is 0 Å². The predicted octanol–water partition coefficient (Wildman–Crippen LogP) is 2.78. The molecule has 1 aromatic carbocycles. The SMILES string of the molecule is OC(CNC1CC=CCC1)COc1ccc(Cl)cc1. The Kier molecular flexibility index (Phi) is 5.70. The Morgan fingerprint density at radius 2 is 2.11 bits per heavy atom. The van der Waals surface area contributed by atoms with Gasteiger partial charge in [-0.3, -0.25) is 0 Å². The van der Waals surface area contributed by atoms with E-state index in [4.69, 9.17) is 16.3 Å². The van der Waals surface area contributed by atoms with Crippen molar-refractivity contribution in [3.63, 3.8) is 0 Å². The smallest absolute Gasteiger partial charge is 0.119 e. The molecule has 0 aromatic heterocycles. The van der Waals surface area contributed by atoms with Crippen molar-refractivity contribution < 1.29 is 9.84 Å². The van der Waals surface area contributed by atoms with Crippen LogP contribution in [0.2, 0.25) is 5.02 Å². The highest BCUT2D eigenvalue weighted by molar-refractivity contribution is 6.30. The van der Waals surface area contributed by atoms with Crippen molar-refractivity contribution in [3.8, 4) is 5.75 Å². The van der Waals surface area contributed by atoms with Crippen LogP contribution in [0.15, 0.2) is 36.4 Å². The molecule has 1 aliphatic carbocycles. The van der Waals surface area contributed by atoms with Crippen LogP contribution in [0, 0.1) is 0 Å². The molecule has 0 bridgehead atoms. The quantitative estimate of drug-likeness (QED) is 0.788. The number of rotatable bonds is 6. The first-order chi connectivity index (χ1) is 9.24. The number of hydrogen-bond acceptors (Lipinski definition) is 3. The summed E-state index contributed by atoms with van der Waals surface area (Å²) in [7, 11) is 0. The third-order valence-corrected chi connectivity index (χ3v) is 3.42. The van der Waals surface area contributed by atoms with Crippen LogP contribution in [-0.4, -0.2) is 30.4 Å². The van der Waals surface area contributed by atoms with Crippen LogP contribution in [-0.2, 0) is 0 Å². The standard InChI is InChI=1S/C15H20ClNO2/c16-12-6-8-15(9-7-12)19-11-14(18)10-17-13-4-2-1-3-5-13/h1-2,6-9,13-14,17-18H,3-5,10-11H2. The predicted molar refractivity (Wildman–Crippen MR) is 77.7 cm³/mol. The van der Waals surface area contributed by atoms with E-state index < -0.39 is 6.10 Å². The molecule has 0 spiro atoms. The van der Waals surface area contributed by atoms with Crippen LogP contribution in [0.5, 0.6) is 5.75 Å². The maximum atomic E-state index is 9.86. The Hall–Kier alpha value is -1.03. The molecule has 0 aliphatic heterocycles. The normalized spacial score (nSPS) is 20.2. The van der Waals surface area contributed by atoms with E-state index in [0.717, 1.165) is 25.0 Å². The second-order valence-electron chi connectivity index (χ2n) is 4.81. The molecule has 4 heteroatoms. The average Bonchev–Trinajstić information content (AvgIpc) is 2.45. The van der Waals surface area contributed by atoms with Crippen molar-refractivity contribution in [2.24, 2.45) is 0 Å². The van der Waals surface area contributed by atoms with Crippen molar-refractivity contribution in [2.75, 3.05) is 13.2 Å². The van der Waals surface area contributed by atoms with Crippen molar-refractivity contribution in [1.82, 2.24) is 5.32 Å². The summed E-state index contributed by atoms with van der Waals surface area (Å²) in [5.74, 6) is 0.726. The summed E-state index contributed by atoms with van der Waals surface area (Å²) >= 11 is 5.79. The maximum absolute atomic E-state index is 9.86.